The molecule has 0 saturated heterocycles. The number of hydrogen-bond acceptors (Lipinski definition) is 3. The zero-order valence-electron chi connectivity index (χ0n) is 10.4. The van der Waals surface area contributed by atoms with E-state index in [1.807, 2.05) is 0 Å². The van der Waals surface area contributed by atoms with Gasteiger partial charge in [0, 0.05) is 18.8 Å². The number of carbonyl (C=O) groups excluding carboxylic acids is 1. The van der Waals surface area contributed by atoms with Gasteiger partial charge in [0.15, 0.2) is 5.78 Å². The molecule has 0 radical (unpaired) electrons. The highest BCUT2D eigenvalue weighted by molar-refractivity contribution is 6.02. The van der Waals surface area contributed by atoms with E-state index in [0.717, 1.165) is 5.52 Å². The maximum absolute atomic E-state index is 12.3. The van der Waals surface area contributed by atoms with Crippen molar-refractivity contribution in [2.24, 2.45) is 5.92 Å². The Labute approximate surface area is 106 Å². The number of hydrogen-bond donors (Lipinski definition) is 0. The Bertz CT molecular complexity index is 555. The van der Waals surface area contributed by atoms with Crippen molar-refractivity contribution in [2.75, 3.05) is 0 Å². The van der Waals surface area contributed by atoms with Crippen LogP contribution in [0.4, 0.5) is 0 Å². The lowest BCUT2D eigenvalue weighted by Gasteiger charge is -2.20. The summed E-state index contributed by atoms with van der Waals surface area (Å²) in [5.74, 6) is 0.780. The van der Waals surface area contributed by atoms with Crippen LogP contribution >= 0.6 is 0 Å². The molecule has 0 amide bonds. The molecule has 4 nitrogen and oxygen atoms in total. The third kappa shape index (κ3) is 2.15. The van der Waals surface area contributed by atoms with E-state index in [2.05, 4.69) is 10.1 Å². The van der Waals surface area contributed by atoms with Gasteiger partial charge in [0.05, 0.1) is 23.5 Å². The van der Waals surface area contributed by atoms with Gasteiger partial charge in [-0.25, -0.2) is 4.52 Å². The van der Waals surface area contributed by atoms with Gasteiger partial charge in [0.2, 0.25) is 0 Å². The molecule has 0 bridgehead atoms. The number of rotatable bonds is 3. The van der Waals surface area contributed by atoms with Crippen LogP contribution in [0.5, 0.6) is 0 Å². The summed E-state index contributed by atoms with van der Waals surface area (Å²) in [6.45, 7) is 0. The summed E-state index contributed by atoms with van der Waals surface area (Å²) in [7, 11) is 0. The number of carbonyl (C=O) groups is 1. The molecule has 0 aromatic carbocycles. The van der Waals surface area contributed by atoms with Crippen molar-refractivity contribution in [3.05, 3.63) is 30.4 Å². The Kier molecular flexibility index (Phi) is 3.09. The van der Waals surface area contributed by atoms with E-state index < -0.39 is 0 Å². The molecule has 3 rings (SSSR count). The number of aromatic nitrogens is 3. The van der Waals surface area contributed by atoms with Crippen LogP contribution in [0, 0.1) is 5.92 Å². The van der Waals surface area contributed by atoms with Crippen LogP contribution in [0.2, 0.25) is 0 Å². The summed E-state index contributed by atoms with van der Waals surface area (Å²) in [4.78, 5) is 16.4. The second-order valence-corrected chi connectivity index (χ2v) is 5.10. The Balaban J connectivity index is 1.79. The predicted molar refractivity (Wildman–Crippen MR) is 68.5 cm³/mol. The maximum atomic E-state index is 12.3. The van der Waals surface area contributed by atoms with Crippen molar-refractivity contribution in [3.8, 4) is 0 Å². The number of fused-ring (bicyclic) bond motifs is 1. The zero-order valence-corrected chi connectivity index (χ0v) is 10.4. The summed E-state index contributed by atoms with van der Waals surface area (Å²) in [5, 5.41) is 4.19. The van der Waals surface area contributed by atoms with Crippen molar-refractivity contribution in [1.82, 2.24) is 14.6 Å². The highest BCUT2D eigenvalue weighted by Gasteiger charge is 2.20. The molecule has 1 fully saturated rings. The Morgan fingerprint density at radius 3 is 2.94 bits per heavy atom. The van der Waals surface area contributed by atoms with Gasteiger partial charge in [-0.1, -0.05) is 32.1 Å². The lowest BCUT2D eigenvalue weighted by molar-refractivity contribution is 0.0952. The average Bonchev–Trinajstić information content (AvgIpc) is 2.84. The van der Waals surface area contributed by atoms with E-state index >= 15 is 0 Å². The van der Waals surface area contributed by atoms with E-state index in [9.17, 15) is 4.79 Å². The van der Waals surface area contributed by atoms with Crippen LogP contribution in [0.25, 0.3) is 5.52 Å². The lowest BCUT2D eigenvalue weighted by atomic mass is 9.85. The van der Waals surface area contributed by atoms with Crippen LogP contribution in [-0.4, -0.2) is 20.4 Å². The zero-order chi connectivity index (χ0) is 12.4. The Hall–Kier alpha value is -1.71. The number of Topliss-reactive ketones (excluding diaryl/α,β-unsaturated/α-hetero) is 1. The molecule has 0 aliphatic heterocycles. The van der Waals surface area contributed by atoms with Gasteiger partial charge in [-0.15, -0.1) is 0 Å². The van der Waals surface area contributed by atoms with Gasteiger partial charge in [-0.2, -0.15) is 5.10 Å². The molecule has 0 atom stereocenters. The second-order valence-electron chi connectivity index (χ2n) is 5.10. The molecule has 0 N–H and O–H groups in total. The van der Waals surface area contributed by atoms with E-state index in [1.165, 1.54) is 32.1 Å². The van der Waals surface area contributed by atoms with Gasteiger partial charge in [-0.3, -0.25) is 9.78 Å². The molecular formula is C14H17N3O. The molecule has 0 spiro atoms. The molecule has 1 aliphatic rings. The van der Waals surface area contributed by atoms with Gasteiger partial charge >= 0.3 is 0 Å². The van der Waals surface area contributed by atoms with Gasteiger partial charge in [-0.05, 0) is 5.92 Å². The first-order valence-electron chi connectivity index (χ1n) is 6.65. The molecule has 94 valence electrons. The fourth-order valence-corrected chi connectivity index (χ4v) is 2.81. The summed E-state index contributed by atoms with van der Waals surface area (Å²) in [6, 6.07) is 0. The van der Waals surface area contributed by atoms with Crippen molar-refractivity contribution in [2.45, 2.75) is 38.5 Å². The molecule has 0 unspecified atom stereocenters. The lowest BCUT2D eigenvalue weighted by Crippen LogP contribution is -2.12. The molecule has 18 heavy (non-hydrogen) atoms. The molecule has 2 aromatic rings. The largest absolute Gasteiger partial charge is 0.294 e. The average molecular weight is 243 g/mol. The number of nitrogens with zero attached hydrogens (tertiary/aromatic N) is 3. The minimum absolute atomic E-state index is 0.213. The van der Waals surface area contributed by atoms with Crippen LogP contribution in [0.3, 0.4) is 0 Å². The minimum Gasteiger partial charge on any atom is -0.294 e. The normalized spacial score (nSPS) is 17.1. The van der Waals surface area contributed by atoms with E-state index in [-0.39, 0.29) is 5.78 Å². The highest BCUT2D eigenvalue weighted by atomic mass is 16.1. The Morgan fingerprint density at radius 2 is 2.11 bits per heavy atom. The molecule has 1 aliphatic carbocycles. The second kappa shape index (κ2) is 4.88. The topological polar surface area (TPSA) is 47.3 Å². The van der Waals surface area contributed by atoms with Crippen molar-refractivity contribution in [3.63, 3.8) is 0 Å². The number of ketones is 1. The standard InChI is InChI=1S/C14H17N3O/c18-14(8-11-4-2-1-3-5-11)12-9-16-17-7-6-15-10-13(12)17/h6-7,9-11H,1-5,8H2. The quantitative estimate of drug-likeness (QED) is 0.779. The summed E-state index contributed by atoms with van der Waals surface area (Å²) in [5.41, 5.74) is 1.53. The molecule has 2 aromatic heterocycles. The minimum atomic E-state index is 0.213. The first kappa shape index (κ1) is 11.4. The first-order chi connectivity index (χ1) is 8.84. The van der Waals surface area contributed by atoms with E-state index in [1.54, 1.807) is 29.3 Å². The SMILES string of the molecule is O=C(CC1CCCCC1)c1cnn2ccncc12. The highest BCUT2D eigenvalue weighted by Crippen LogP contribution is 2.28. The van der Waals surface area contributed by atoms with E-state index in [4.69, 9.17) is 0 Å². The fraction of sp³-hybridized carbons (Fsp3) is 0.500. The third-order valence-corrected chi connectivity index (χ3v) is 3.82. The van der Waals surface area contributed by atoms with Gasteiger partial charge in [0.1, 0.15) is 0 Å². The van der Waals surface area contributed by atoms with Crippen LogP contribution < -0.4 is 0 Å². The third-order valence-electron chi connectivity index (χ3n) is 3.82. The summed E-state index contributed by atoms with van der Waals surface area (Å²) >= 11 is 0. The van der Waals surface area contributed by atoms with Crippen LogP contribution in [-0.2, 0) is 0 Å². The van der Waals surface area contributed by atoms with Gasteiger partial charge in [0.25, 0.3) is 0 Å². The summed E-state index contributed by atoms with van der Waals surface area (Å²) in [6.07, 6.45) is 13.8. The molecular weight excluding hydrogens is 226 g/mol. The predicted octanol–water partition coefficient (Wildman–Crippen LogP) is 2.88. The van der Waals surface area contributed by atoms with Crippen molar-refractivity contribution < 1.29 is 4.79 Å². The Morgan fingerprint density at radius 1 is 1.28 bits per heavy atom. The fourth-order valence-electron chi connectivity index (χ4n) is 2.81. The summed E-state index contributed by atoms with van der Waals surface area (Å²) < 4.78 is 1.71. The monoisotopic (exact) mass is 243 g/mol. The van der Waals surface area contributed by atoms with Crippen LogP contribution in [0.15, 0.2) is 24.8 Å². The maximum Gasteiger partial charge on any atom is 0.167 e. The molecule has 2 heterocycles. The van der Waals surface area contributed by atoms with Gasteiger partial charge < -0.3 is 0 Å². The molecule has 4 heteroatoms. The van der Waals surface area contributed by atoms with Crippen molar-refractivity contribution >= 4 is 11.3 Å². The molecule has 1 saturated carbocycles. The van der Waals surface area contributed by atoms with Crippen LogP contribution in [0.1, 0.15) is 48.9 Å². The van der Waals surface area contributed by atoms with E-state index in [0.29, 0.717) is 17.9 Å². The smallest absolute Gasteiger partial charge is 0.167 e. The van der Waals surface area contributed by atoms with Crippen molar-refractivity contribution in [1.29, 1.82) is 0 Å². The first-order valence-corrected chi connectivity index (χ1v) is 6.65.